The zero-order chi connectivity index (χ0) is 13.9. The number of alkyl halides is 3. The van der Waals surface area contributed by atoms with Crippen LogP contribution in [0, 0.1) is 6.92 Å². The second-order valence-corrected chi connectivity index (χ2v) is 4.77. The monoisotopic (exact) mass is 277 g/mol. The summed E-state index contributed by atoms with van der Waals surface area (Å²) in [5, 5.41) is 3.36. The highest BCUT2D eigenvalue weighted by atomic mass is 19.4. The van der Waals surface area contributed by atoms with Crippen molar-refractivity contribution in [3.8, 4) is 0 Å². The van der Waals surface area contributed by atoms with Crippen molar-refractivity contribution in [2.24, 2.45) is 0 Å². The van der Waals surface area contributed by atoms with E-state index in [4.69, 9.17) is 0 Å². The number of aromatic nitrogens is 2. The second-order valence-electron chi connectivity index (χ2n) is 4.77. The molecular formula is C12H18F3N3O. The van der Waals surface area contributed by atoms with E-state index in [1.54, 1.807) is 6.20 Å². The minimum absolute atomic E-state index is 0.0349. The Morgan fingerprint density at radius 2 is 2.21 bits per heavy atom. The maximum Gasteiger partial charge on any atom is 0.411 e. The maximum atomic E-state index is 11.9. The van der Waals surface area contributed by atoms with E-state index in [0.29, 0.717) is 19.1 Å². The summed E-state index contributed by atoms with van der Waals surface area (Å²) in [6.45, 7) is 1.77. The molecule has 0 saturated heterocycles. The Morgan fingerprint density at radius 3 is 2.84 bits per heavy atom. The third-order valence-electron chi connectivity index (χ3n) is 3.01. The van der Waals surface area contributed by atoms with E-state index >= 15 is 0 Å². The lowest BCUT2D eigenvalue weighted by atomic mass is 10.4. The summed E-state index contributed by atoms with van der Waals surface area (Å²) >= 11 is 0. The van der Waals surface area contributed by atoms with Crippen molar-refractivity contribution >= 4 is 0 Å². The van der Waals surface area contributed by atoms with Crippen molar-refractivity contribution < 1.29 is 17.9 Å². The molecule has 4 nitrogen and oxygen atoms in total. The highest BCUT2D eigenvalue weighted by Crippen LogP contribution is 2.19. The summed E-state index contributed by atoms with van der Waals surface area (Å²) in [7, 11) is 0. The van der Waals surface area contributed by atoms with Crippen molar-refractivity contribution in [2.75, 3.05) is 13.2 Å². The molecule has 1 aromatic rings. The van der Waals surface area contributed by atoms with Crippen LogP contribution >= 0.6 is 0 Å². The zero-order valence-electron chi connectivity index (χ0n) is 10.8. The number of hydrogen-bond donors (Lipinski definition) is 1. The van der Waals surface area contributed by atoms with E-state index in [1.807, 2.05) is 11.5 Å². The zero-order valence-corrected chi connectivity index (χ0v) is 10.8. The molecule has 1 aliphatic carbocycles. The molecule has 19 heavy (non-hydrogen) atoms. The minimum Gasteiger partial charge on any atom is -0.370 e. The summed E-state index contributed by atoms with van der Waals surface area (Å²) in [4.78, 5) is 4.19. The predicted molar refractivity (Wildman–Crippen MR) is 63.7 cm³/mol. The number of ether oxygens (including phenoxy) is 1. The average molecular weight is 277 g/mol. The van der Waals surface area contributed by atoms with Gasteiger partial charge in [-0.25, -0.2) is 4.98 Å². The van der Waals surface area contributed by atoms with Gasteiger partial charge in [0.2, 0.25) is 0 Å². The Hall–Kier alpha value is -1.08. The van der Waals surface area contributed by atoms with Gasteiger partial charge in [0.25, 0.3) is 0 Å². The topological polar surface area (TPSA) is 39.1 Å². The Balaban J connectivity index is 1.79. The molecule has 0 atom stereocenters. The van der Waals surface area contributed by atoms with Gasteiger partial charge >= 0.3 is 6.18 Å². The molecule has 0 aliphatic heterocycles. The van der Waals surface area contributed by atoms with Crippen LogP contribution in [0.1, 0.15) is 24.4 Å². The first kappa shape index (κ1) is 14.3. The number of halogens is 3. The van der Waals surface area contributed by atoms with Gasteiger partial charge in [-0.3, -0.25) is 0 Å². The van der Waals surface area contributed by atoms with Crippen LogP contribution in [0.5, 0.6) is 0 Å². The number of rotatable bonds is 7. The Kier molecular flexibility index (Phi) is 4.46. The summed E-state index contributed by atoms with van der Waals surface area (Å²) in [5.41, 5.74) is 0.986. The Morgan fingerprint density at radius 1 is 1.47 bits per heavy atom. The summed E-state index contributed by atoms with van der Waals surface area (Å²) in [6, 6.07) is 0.588. The molecule has 0 bridgehead atoms. The van der Waals surface area contributed by atoms with E-state index < -0.39 is 12.8 Å². The summed E-state index contributed by atoms with van der Waals surface area (Å²) in [5.74, 6) is 0.795. The molecule has 1 saturated carbocycles. The highest BCUT2D eigenvalue weighted by molar-refractivity contribution is 5.05. The van der Waals surface area contributed by atoms with E-state index in [9.17, 15) is 13.2 Å². The van der Waals surface area contributed by atoms with Crippen LogP contribution in [0.2, 0.25) is 0 Å². The van der Waals surface area contributed by atoms with Crippen LogP contribution in [0.15, 0.2) is 6.20 Å². The van der Waals surface area contributed by atoms with Gasteiger partial charge < -0.3 is 14.6 Å². The van der Waals surface area contributed by atoms with E-state index in [2.05, 4.69) is 15.0 Å². The Labute approximate surface area is 110 Å². The van der Waals surface area contributed by atoms with Gasteiger partial charge in [0.05, 0.1) is 12.3 Å². The summed E-state index contributed by atoms with van der Waals surface area (Å²) < 4.78 is 42.3. The molecule has 1 heterocycles. The van der Waals surface area contributed by atoms with Crippen molar-refractivity contribution in [3.63, 3.8) is 0 Å². The van der Waals surface area contributed by atoms with Crippen molar-refractivity contribution in [1.29, 1.82) is 0 Å². The molecule has 0 aromatic carbocycles. The predicted octanol–water partition coefficient (Wildman–Crippen LogP) is 2.02. The lowest BCUT2D eigenvalue weighted by Crippen LogP contribution is -2.22. The van der Waals surface area contributed by atoms with Gasteiger partial charge in [0.15, 0.2) is 0 Å². The highest BCUT2D eigenvalue weighted by Gasteiger charge is 2.27. The van der Waals surface area contributed by atoms with Crippen molar-refractivity contribution in [1.82, 2.24) is 14.9 Å². The molecule has 108 valence electrons. The third kappa shape index (κ3) is 4.83. The standard InChI is InChI=1S/C12H18F3N3O/c1-9-16-6-11(7-17-10-2-3-10)18(9)4-5-19-8-12(13,14)15/h6,10,17H,2-5,7-8H2,1H3. The van der Waals surface area contributed by atoms with Crippen molar-refractivity contribution in [2.45, 2.75) is 45.1 Å². The molecule has 0 spiro atoms. The molecule has 1 aliphatic rings. The quantitative estimate of drug-likeness (QED) is 0.775. The fourth-order valence-electron chi connectivity index (χ4n) is 1.84. The van der Waals surface area contributed by atoms with Crippen LogP contribution in [-0.2, 0) is 17.8 Å². The normalized spacial score (nSPS) is 16.0. The molecule has 1 N–H and O–H groups in total. The lowest BCUT2D eigenvalue weighted by molar-refractivity contribution is -0.174. The van der Waals surface area contributed by atoms with Crippen LogP contribution < -0.4 is 5.32 Å². The van der Waals surface area contributed by atoms with Crippen LogP contribution in [0.4, 0.5) is 13.2 Å². The fraction of sp³-hybridized carbons (Fsp3) is 0.750. The van der Waals surface area contributed by atoms with E-state index in [0.717, 1.165) is 11.5 Å². The van der Waals surface area contributed by atoms with Gasteiger partial charge in [-0.1, -0.05) is 0 Å². The van der Waals surface area contributed by atoms with Crippen LogP contribution in [0.3, 0.4) is 0 Å². The number of hydrogen-bond acceptors (Lipinski definition) is 3. The maximum absolute atomic E-state index is 11.9. The smallest absolute Gasteiger partial charge is 0.370 e. The van der Waals surface area contributed by atoms with Crippen LogP contribution in [0.25, 0.3) is 0 Å². The number of nitrogens with one attached hydrogen (secondary N) is 1. The first-order valence-corrected chi connectivity index (χ1v) is 6.34. The molecule has 0 amide bonds. The fourth-order valence-corrected chi connectivity index (χ4v) is 1.84. The number of imidazole rings is 1. The van der Waals surface area contributed by atoms with Gasteiger partial charge in [-0.2, -0.15) is 13.2 Å². The Bertz CT molecular complexity index is 413. The average Bonchev–Trinajstić information content (AvgIpc) is 3.07. The minimum atomic E-state index is -4.26. The molecule has 0 unspecified atom stereocenters. The van der Waals surface area contributed by atoms with E-state index in [1.165, 1.54) is 12.8 Å². The molecule has 1 aromatic heterocycles. The largest absolute Gasteiger partial charge is 0.411 e. The van der Waals surface area contributed by atoms with Gasteiger partial charge in [-0.15, -0.1) is 0 Å². The first-order chi connectivity index (χ1) is 8.96. The molecule has 7 heteroatoms. The first-order valence-electron chi connectivity index (χ1n) is 6.34. The van der Waals surface area contributed by atoms with E-state index in [-0.39, 0.29) is 6.61 Å². The van der Waals surface area contributed by atoms with Crippen LogP contribution in [-0.4, -0.2) is 35.0 Å². The molecule has 2 rings (SSSR count). The van der Waals surface area contributed by atoms with Gasteiger partial charge in [0, 0.05) is 25.3 Å². The molecule has 0 radical (unpaired) electrons. The molecular weight excluding hydrogens is 259 g/mol. The summed E-state index contributed by atoms with van der Waals surface area (Å²) in [6.07, 6.45) is -0.113. The van der Waals surface area contributed by atoms with Gasteiger partial charge in [0.1, 0.15) is 12.4 Å². The second kappa shape index (κ2) is 5.92. The third-order valence-corrected chi connectivity index (χ3v) is 3.01. The SMILES string of the molecule is Cc1ncc(CNC2CC2)n1CCOCC(F)(F)F. The lowest BCUT2D eigenvalue weighted by Gasteiger charge is -2.12. The molecule has 1 fully saturated rings. The number of aryl methyl sites for hydroxylation is 1. The number of nitrogens with zero attached hydrogens (tertiary/aromatic N) is 2. The van der Waals surface area contributed by atoms with Crippen molar-refractivity contribution in [3.05, 3.63) is 17.7 Å². The van der Waals surface area contributed by atoms with Gasteiger partial charge in [-0.05, 0) is 19.8 Å².